The van der Waals surface area contributed by atoms with E-state index in [1.807, 2.05) is 42.5 Å². The van der Waals surface area contributed by atoms with Gasteiger partial charge in [0, 0.05) is 30.2 Å². The minimum absolute atomic E-state index is 0.0812. The summed E-state index contributed by atoms with van der Waals surface area (Å²) in [5.74, 6) is -0.0812. The lowest BCUT2D eigenvalue weighted by molar-refractivity contribution is 0.102. The molecule has 0 bridgehead atoms. The topological polar surface area (TPSA) is 45.2 Å². The summed E-state index contributed by atoms with van der Waals surface area (Å²) in [6.45, 7) is 3.57. The fourth-order valence-electron chi connectivity index (χ4n) is 4.54. The Hall–Kier alpha value is -3.24. The number of nitrogens with one attached hydrogen (secondary N) is 1. The minimum Gasteiger partial charge on any atom is -0.322 e. The van der Waals surface area contributed by atoms with Gasteiger partial charge >= 0.3 is 0 Å². The number of amides is 1. The van der Waals surface area contributed by atoms with E-state index in [9.17, 15) is 4.79 Å². The lowest BCUT2D eigenvalue weighted by Crippen LogP contribution is -2.23. The Morgan fingerprint density at radius 3 is 2.42 bits per heavy atom. The fourth-order valence-corrected chi connectivity index (χ4v) is 4.54. The van der Waals surface area contributed by atoms with Crippen molar-refractivity contribution >= 4 is 17.7 Å². The number of carbonyl (C=O) groups is 1. The number of aromatic nitrogens is 1. The number of rotatable bonds is 5. The zero-order valence-electron chi connectivity index (χ0n) is 17.7. The van der Waals surface area contributed by atoms with Crippen molar-refractivity contribution in [1.82, 2.24) is 9.88 Å². The highest BCUT2D eigenvalue weighted by atomic mass is 16.1. The number of nitrogens with zero attached hydrogens (tertiary/aromatic N) is 2. The predicted octanol–water partition coefficient (Wildman–Crippen LogP) is 5.43. The van der Waals surface area contributed by atoms with Gasteiger partial charge in [-0.1, -0.05) is 29.8 Å². The third-order valence-corrected chi connectivity index (χ3v) is 6.26. The molecule has 3 aromatic rings. The van der Waals surface area contributed by atoms with Crippen LogP contribution in [0, 0.1) is 0 Å². The van der Waals surface area contributed by atoms with Crippen LogP contribution in [0.2, 0.25) is 0 Å². The number of likely N-dealkylation sites (tertiary alicyclic amines) is 1. The summed E-state index contributed by atoms with van der Waals surface area (Å²) in [6.07, 6.45) is 10.7. The van der Waals surface area contributed by atoms with Gasteiger partial charge in [0.15, 0.2) is 0 Å². The number of hydrogen-bond donors (Lipinski definition) is 1. The minimum atomic E-state index is -0.0812. The van der Waals surface area contributed by atoms with E-state index in [0.29, 0.717) is 5.56 Å². The van der Waals surface area contributed by atoms with E-state index in [0.717, 1.165) is 36.2 Å². The van der Waals surface area contributed by atoms with Gasteiger partial charge in [0.05, 0.1) is 0 Å². The number of anilines is 1. The average Bonchev–Trinajstić information content (AvgIpc) is 3.33. The molecular formula is C27H27N3O. The van der Waals surface area contributed by atoms with E-state index in [1.165, 1.54) is 42.6 Å². The van der Waals surface area contributed by atoms with Gasteiger partial charge in [-0.05, 0) is 97.4 Å². The summed E-state index contributed by atoms with van der Waals surface area (Å²) in [5.41, 5.74) is 7.82. The molecule has 1 saturated heterocycles. The molecule has 0 saturated carbocycles. The molecule has 156 valence electrons. The van der Waals surface area contributed by atoms with Gasteiger partial charge in [-0.15, -0.1) is 0 Å². The zero-order valence-corrected chi connectivity index (χ0v) is 17.7. The Kier molecular flexibility index (Phi) is 5.63. The van der Waals surface area contributed by atoms with Gasteiger partial charge in [-0.3, -0.25) is 14.7 Å². The Labute approximate surface area is 183 Å². The van der Waals surface area contributed by atoms with Crippen LogP contribution >= 0.6 is 0 Å². The lowest BCUT2D eigenvalue weighted by Gasteiger charge is -2.22. The largest absolute Gasteiger partial charge is 0.322 e. The molecule has 1 aliphatic heterocycles. The monoisotopic (exact) mass is 409 g/mol. The highest BCUT2D eigenvalue weighted by Crippen LogP contribution is 2.28. The normalized spacial score (nSPS) is 15.9. The van der Waals surface area contributed by atoms with Gasteiger partial charge in [0.25, 0.3) is 5.91 Å². The number of benzene rings is 2. The van der Waals surface area contributed by atoms with Crippen molar-refractivity contribution in [2.45, 2.75) is 25.7 Å². The van der Waals surface area contributed by atoms with Crippen LogP contribution in [0.3, 0.4) is 0 Å². The van der Waals surface area contributed by atoms with Gasteiger partial charge < -0.3 is 5.32 Å². The van der Waals surface area contributed by atoms with Crippen molar-refractivity contribution in [3.63, 3.8) is 0 Å². The quantitative estimate of drug-likeness (QED) is 0.611. The maximum Gasteiger partial charge on any atom is 0.255 e. The Morgan fingerprint density at radius 2 is 1.65 bits per heavy atom. The number of pyridine rings is 1. The number of carbonyl (C=O) groups excluding carboxylic acids is 1. The Bertz CT molecular complexity index is 1100. The predicted molar refractivity (Wildman–Crippen MR) is 126 cm³/mol. The van der Waals surface area contributed by atoms with Crippen molar-refractivity contribution < 1.29 is 4.79 Å². The molecule has 1 N–H and O–H groups in total. The van der Waals surface area contributed by atoms with Crippen LogP contribution in [0.1, 0.15) is 40.7 Å². The molecule has 0 spiro atoms. The summed E-state index contributed by atoms with van der Waals surface area (Å²) in [4.78, 5) is 19.3. The number of hydrogen-bond acceptors (Lipinski definition) is 3. The number of aryl methyl sites for hydroxylation is 1. The Balaban J connectivity index is 1.25. The third-order valence-electron chi connectivity index (χ3n) is 6.26. The molecule has 5 rings (SSSR count). The smallest absolute Gasteiger partial charge is 0.255 e. The van der Waals surface area contributed by atoms with Crippen molar-refractivity contribution in [1.29, 1.82) is 0 Å². The standard InChI is InChI=1S/C27H27N3O/c31-27(23-7-5-21(6-8-23)22-11-13-28-14-12-22)29-26-10-9-24-17-20(3-4-25(24)18-26)19-30-15-1-2-16-30/h5-14,17-18H,1-4,15-16,19H2,(H,29,31). The van der Waals surface area contributed by atoms with E-state index < -0.39 is 0 Å². The van der Waals surface area contributed by atoms with Crippen LogP contribution in [-0.4, -0.2) is 35.4 Å². The second-order valence-electron chi connectivity index (χ2n) is 8.47. The van der Waals surface area contributed by atoms with Crippen LogP contribution < -0.4 is 5.32 Å². The first-order valence-electron chi connectivity index (χ1n) is 11.1. The van der Waals surface area contributed by atoms with E-state index in [1.54, 1.807) is 12.4 Å². The lowest BCUT2D eigenvalue weighted by atomic mass is 9.91. The van der Waals surface area contributed by atoms with E-state index in [-0.39, 0.29) is 5.91 Å². The first kappa shape index (κ1) is 19.7. The summed E-state index contributed by atoms with van der Waals surface area (Å²) >= 11 is 0. The summed E-state index contributed by atoms with van der Waals surface area (Å²) in [5, 5.41) is 3.06. The summed E-state index contributed by atoms with van der Waals surface area (Å²) in [6, 6.07) is 17.9. The molecular weight excluding hydrogens is 382 g/mol. The first-order chi connectivity index (χ1) is 15.2. The molecule has 31 heavy (non-hydrogen) atoms. The van der Waals surface area contributed by atoms with Crippen molar-refractivity contribution in [3.05, 3.63) is 89.3 Å². The second kappa shape index (κ2) is 8.86. The molecule has 1 aromatic heterocycles. The highest BCUT2D eigenvalue weighted by Gasteiger charge is 2.17. The molecule has 0 unspecified atom stereocenters. The SMILES string of the molecule is O=C(Nc1ccc2c(c1)CCC(CN1CCCC1)=C2)c1ccc(-c2ccncc2)cc1. The molecule has 4 nitrogen and oxygen atoms in total. The maximum atomic E-state index is 12.7. The van der Waals surface area contributed by atoms with Gasteiger partial charge in [-0.2, -0.15) is 0 Å². The molecule has 2 heterocycles. The molecule has 0 atom stereocenters. The molecule has 0 radical (unpaired) electrons. The summed E-state index contributed by atoms with van der Waals surface area (Å²) < 4.78 is 0. The van der Waals surface area contributed by atoms with Gasteiger partial charge in [0.1, 0.15) is 0 Å². The van der Waals surface area contributed by atoms with E-state index in [4.69, 9.17) is 0 Å². The van der Waals surface area contributed by atoms with Gasteiger partial charge in [0.2, 0.25) is 0 Å². The van der Waals surface area contributed by atoms with E-state index in [2.05, 4.69) is 33.4 Å². The van der Waals surface area contributed by atoms with Crippen molar-refractivity contribution in [3.8, 4) is 11.1 Å². The van der Waals surface area contributed by atoms with Crippen molar-refractivity contribution in [2.24, 2.45) is 0 Å². The summed E-state index contributed by atoms with van der Waals surface area (Å²) in [7, 11) is 0. The second-order valence-corrected chi connectivity index (χ2v) is 8.47. The molecule has 1 fully saturated rings. The average molecular weight is 410 g/mol. The van der Waals surface area contributed by atoms with Crippen LogP contribution in [0.25, 0.3) is 17.2 Å². The van der Waals surface area contributed by atoms with Crippen LogP contribution in [0.5, 0.6) is 0 Å². The molecule has 4 heteroatoms. The maximum absolute atomic E-state index is 12.7. The van der Waals surface area contributed by atoms with Gasteiger partial charge in [-0.25, -0.2) is 0 Å². The number of fused-ring (bicyclic) bond motifs is 1. The first-order valence-corrected chi connectivity index (χ1v) is 11.1. The zero-order chi connectivity index (χ0) is 21.0. The van der Waals surface area contributed by atoms with Crippen LogP contribution in [-0.2, 0) is 6.42 Å². The molecule has 1 amide bonds. The third kappa shape index (κ3) is 4.59. The molecule has 2 aromatic carbocycles. The van der Waals surface area contributed by atoms with Crippen LogP contribution in [0.4, 0.5) is 5.69 Å². The highest BCUT2D eigenvalue weighted by molar-refractivity contribution is 6.04. The fraction of sp³-hybridized carbons (Fsp3) is 0.259. The van der Waals surface area contributed by atoms with E-state index >= 15 is 0 Å². The van der Waals surface area contributed by atoms with Crippen LogP contribution in [0.15, 0.2) is 72.6 Å². The van der Waals surface area contributed by atoms with Crippen molar-refractivity contribution in [2.75, 3.05) is 25.0 Å². The molecule has 1 aliphatic carbocycles. The molecule has 2 aliphatic rings. The Morgan fingerprint density at radius 1 is 0.903 bits per heavy atom.